The van der Waals surface area contributed by atoms with Crippen molar-refractivity contribution in [1.29, 1.82) is 0 Å². The number of nitrogens with one attached hydrogen (secondary N) is 1. The van der Waals surface area contributed by atoms with Crippen LogP contribution in [-0.2, 0) is 6.42 Å². The summed E-state index contributed by atoms with van der Waals surface area (Å²) >= 11 is 0. The summed E-state index contributed by atoms with van der Waals surface area (Å²) in [5.74, 6) is 0.464. The van der Waals surface area contributed by atoms with Crippen LogP contribution in [0.3, 0.4) is 0 Å². The van der Waals surface area contributed by atoms with Crippen LogP contribution in [0.15, 0.2) is 30.5 Å². The lowest BCUT2D eigenvalue weighted by molar-refractivity contribution is 1.14. The zero-order valence-electron chi connectivity index (χ0n) is 8.12. The van der Waals surface area contributed by atoms with E-state index in [1.807, 2.05) is 12.1 Å². The molecule has 0 amide bonds. The second-order valence-electron chi connectivity index (χ2n) is 3.19. The number of hydrogen-bond acceptors (Lipinski definition) is 2. The number of rotatable bonds is 2. The number of benzene rings is 1. The number of imidazole rings is 1. The summed E-state index contributed by atoms with van der Waals surface area (Å²) in [7, 11) is 0. The molecular weight excluding hydrogens is 174 g/mol. The van der Waals surface area contributed by atoms with Crippen LogP contribution >= 0.6 is 0 Å². The zero-order valence-corrected chi connectivity index (χ0v) is 8.12. The Kier molecular flexibility index (Phi) is 2.23. The lowest BCUT2D eigenvalue weighted by atomic mass is 10.0. The second-order valence-corrected chi connectivity index (χ2v) is 3.19. The average molecular weight is 187 g/mol. The first-order valence-electron chi connectivity index (χ1n) is 4.70. The van der Waals surface area contributed by atoms with E-state index in [1.165, 1.54) is 11.1 Å². The minimum absolute atomic E-state index is 0.464. The molecule has 3 N–H and O–H groups in total. The molecule has 2 aromatic rings. The molecule has 1 aromatic heterocycles. The number of H-pyrrole nitrogens is 1. The van der Waals surface area contributed by atoms with Gasteiger partial charge in [0.15, 0.2) is 5.95 Å². The first-order valence-corrected chi connectivity index (χ1v) is 4.70. The molecule has 0 radical (unpaired) electrons. The van der Waals surface area contributed by atoms with Gasteiger partial charge in [-0.05, 0) is 12.0 Å². The molecule has 2 rings (SSSR count). The Morgan fingerprint density at radius 2 is 2.14 bits per heavy atom. The van der Waals surface area contributed by atoms with E-state index in [1.54, 1.807) is 6.20 Å². The second kappa shape index (κ2) is 3.54. The fraction of sp³-hybridized carbons (Fsp3) is 0.182. The zero-order chi connectivity index (χ0) is 9.97. The van der Waals surface area contributed by atoms with E-state index in [0.29, 0.717) is 5.95 Å². The van der Waals surface area contributed by atoms with Crippen molar-refractivity contribution < 1.29 is 0 Å². The molecule has 0 aliphatic carbocycles. The van der Waals surface area contributed by atoms with Crippen LogP contribution < -0.4 is 5.73 Å². The fourth-order valence-corrected chi connectivity index (χ4v) is 1.56. The normalized spacial score (nSPS) is 10.4. The van der Waals surface area contributed by atoms with Gasteiger partial charge in [-0.25, -0.2) is 4.98 Å². The number of nitrogens with zero attached hydrogens (tertiary/aromatic N) is 1. The van der Waals surface area contributed by atoms with Gasteiger partial charge in [0.05, 0.1) is 11.9 Å². The van der Waals surface area contributed by atoms with Crippen LogP contribution in [0.25, 0.3) is 11.3 Å². The third-order valence-corrected chi connectivity index (χ3v) is 2.28. The molecule has 0 saturated heterocycles. The molecule has 1 heterocycles. The van der Waals surface area contributed by atoms with Crippen molar-refractivity contribution in [2.75, 3.05) is 5.73 Å². The van der Waals surface area contributed by atoms with Gasteiger partial charge in [-0.1, -0.05) is 31.2 Å². The van der Waals surface area contributed by atoms with Gasteiger partial charge in [0.1, 0.15) is 0 Å². The van der Waals surface area contributed by atoms with E-state index >= 15 is 0 Å². The molecule has 0 atom stereocenters. The van der Waals surface area contributed by atoms with Crippen molar-refractivity contribution >= 4 is 5.95 Å². The van der Waals surface area contributed by atoms with E-state index in [4.69, 9.17) is 5.73 Å². The van der Waals surface area contributed by atoms with Crippen LogP contribution in [0.2, 0.25) is 0 Å². The van der Waals surface area contributed by atoms with Crippen LogP contribution in [0.4, 0.5) is 5.95 Å². The molecule has 72 valence electrons. The summed E-state index contributed by atoms with van der Waals surface area (Å²) < 4.78 is 0. The predicted octanol–water partition coefficient (Wildman–Crippen LogP) is 2.22. The lowest BCUT2D eigenvalue weighted by Gasteiger charge is -2.04. The molecule has 0 aliphatic rings. The van der Waals surface area contributed by atoms with Gasteiger partial charge in [-0.3, -0.25) is 0 Å². The smallest absolute Gasteiger partial charge is 0.197 e. The summed E-state index contributed by atoms with van der Waals surface area (Å²) in [6.45, 7) is 2.14. The number of aromatic amines is 1. The Morgan fingerprint density at radius 1 is 1.36 bits per heavy atom. The number of aromatic nitrogens is 2. The highest BCUT2D eigenvalue weighted by Crippen LogP contribution is 2.22. The van der Waals surface area contributed by atoms with Crippen molar-refractivity contribution in [1.82, 2.24) is 9.97 Å². The first-order chi connectivity index (χ1) is 6.81. The first kappa shape index (κ1) is 8.81. The average Bonchev–Trinajstić information content (AvgIpc) is 2.65. The summed E-state index contributed by atoms with van der Waals surface area (Å²) in [4.78, 5) is 7.02. The third-order valence-electron chi connectivity index (χ3n) is 2.28. The largest absolute Gasteiger partial charge is 0.369 e. The molecule has 0 aliphatic heterocycles. The lowest BCUT2D eigenvalue weighted by Crippen LogP contribution is -1.88. The Bertz CT molecular complexity index is 432. The predicted molar refractivity (Wildman–Crippen MR) is 57.8 cm³/mol. The van der Waals surface area contributed by atoms with Gasteiger partial charge in [-0.15, -0.1) is 0 Å². The quantitative estimate of drug-likeness (QED) is 0.757. The van der Waals surface area contributed by atoms with Crippen molar-refractivity contribution in [3.8, 4) is 11.3 Å². The van der Waals surface area contributed by atoms with E-state index < -0.39 is 0 Å². The highest BCUT2D eigenvalue weighted by Gasteiger charge is 2.04. The number of anilines is 1. The molecule has 14 heavy (non-hydrogen) atoms. The van der Waals surface area contributed by atoms with Gasteiger partial charge < -0.3 is 10.7 Å². The third kappa shape index (κ3) is 1.48. The number of nitrogens with two attached hydrogens (primary N) is 1. The molecule has 1 aromatic carbocycles. The Morgan fingerprint density at radius 3 is 2.79 bits per heavy atom. The molecule has 0 bridgehead atoms. The molecule has 0 fully saturated rings. The van der Waals surface area contributed by atoms with E-state index in [9.17, 15) is 0 Å². The van der Waals surface area contributed by atoms with Crippen LogP contribution in [0.1, 0.15) is 12.5 Å². The van der Waals surface area contributed by atoms with Crippen LogP contribution in [-0.4, -0.2) is 9.97 Å². The Labute approximate surface area is 83.0 Å². The van der Waals surface area contributed by atoms with Crippen molar-refractivity contribution in [3.63, 3.8) is 0 Å². The van der Waals surface area contributed by atoms with E-state index in [-0.39, 0.29) is 0 Å². The van der Waals surface area contributed by atoms with Gasteiger partial charge >= 0.3 is 0 Å². The standard InChI is InChI=1S/C11H13N3/c1-2-8-5-3-4-6-9(8)10-7-13-11(12)14-10/h3-7H,2H2,1H3,(H3,12,13,14). The maximum absolute atomic E-state index is 5.54. The van der Waals surface area contributed by atoms with E-state index in [0.717, 1.165) is 12.1 Å². The topological polar surface area (TPSA) is 54.7 Å². The summed E-state index contributed by atoms with van der Waals surface area (Å²) in [6.07, 6.45) is 2.78. The monoisotopic (exact) mass is 187 g/mol. The van der Waals surface area contributed by atoms with Crippen molar-refractivity contribution in [3.05, 3.63) is 36.0 Å². The number of aryl methyl sites for hydroxylation is 1. The molecule has 0 saturated carbocycles. The maximum Gasteiger partial charge on any atom is 0.197 e. The highest BCUT2D eigenvalue weighted by atomic mass is 15.0. The van der Waals surface area contributed by atoms with Gasteiger partial charge in [0.25, 0.3) is 0 Å². The van der Waals surface area contributed by atoms with Crippen LogP contribution in [0, 0.1) is 0 Å². The molecule has 3 heteroatoms. The van der Waals surface area contributed by atoms with E-state index in [2.05, 4.69) is 29.0 Å². The van der Waals surface area contributed by atoms with Gasteiger partial charge in [-0.2, -0.15) is 0 Å². The molecule has 0 unspecified atom stereocenters. The molecule has 3 nitrogen and oxygen atoms in total. The van der Waals surface area contributed by atoms with Crippen LogP contribution in [0.5, 0.6) is 0 Å². The SMILES string of the molecule is CCc1ccccc1-c1cnc(N)[nH]1. The minimum Gasteiger partial charge on any atom is -0.369 e. The Balaban J connectivity index is 2.50. The molecular formula is C11H13N3. The summed E-state index contributed by atoms with van der Waals surface area (Å²) in [6, 6.07) is 8.26. The maximum atomic E-state index is 5.54. The summed E-state index contributed by atoms with van der Waals surface area (Å²) in [5, 5.41) is 0. The van der Waals surface area contributed by atoms with Crippen molar-refractivity contribution in [2.45, 2.75) is 13.3 Å². The Hall–Kier alpha value is -1.77. The van der Waals surface area contributed by atoms with Crippen molar-refractivity contribution in [2.24, 2.45) is 0 Å². The van der Waals surface area contributed by atoms with Gasteiger partial charge in [0.2, 0.25) is 0 Å². The molecule has 0 spiro atoms. The summed E-state index contributed by atoms with van der Waals surface area (Å²) in [5.41, 5.74) is 9.01. The highest BCUT2D eigenvalue weighted by molar-refractivity contribution is 5.64. The number of nitrogen functional groups attached to an aromatic ring is 1. The number of hydrogen-bond donors (Lipinski definition) is 2. The fourth-order valence-electron chi connectivity index (χ4n) is 1.56. The van der Waals surface area contributed by atoms with Gasteiger partial charge in [0, 0.05) is 5.56 Å². The minimum atomic E-state index is 0.464.